The molecule has 0 aliphatic carbocycles. The zero-order chi connectivity index (χ0) is 9.42. The number of hydrogen-bond donors (Lipinski definition) is 2. The molecule has 0 saturated heterocycles. The first-order valence-corrected chi connectivity index (χ1v) is 4.41. The second-order valence-electron chi connectivity index (χ2n) is 2.45. The van der Waals surface area contributed by atoms with Gasteiger partial charge in [0.05, 0.1) is 5.69 Å². The molecule has 2 aromatic heterocycles. The Morgan fingerprint density at radius 3 is 3.23 bits per heavy atom. The van der Waals surface area contributed by atoms with Crippen molar-refractivity contribution < 1.29 is 4.79 Å². The summed E-state index contributed by atoms with van der Waals surface area (Å²) in [6.45, 7) is 1.74. The van der Waals surface area contributed by atoms with E-state index in [1.54, 1.807) is 12.4 Å². The van der Waals surface area contributed by atoms with Gasteiger partial charge in [-0.3, -0.25) is 10.2 Å². The van der Waals surface area contributed by atoms with Gasteiger partial charge in [0.15, 0.2) is 5.69 Å². The standard InChI is InChI=1S/C6H7N5OS/c1-3-4(5(12)10-7)11-6(9-3)13-2-8-11/h2H,7H2,1H3,(H,10,12). The van der Waals surface area contributed by atoms with Crippen LogP contribution in [-0.4, -0.2) is 20.5 Å². The van der Waals surface area contributed by atoms with Crippen LogP contribution in [0.15, 0.2) is 5.51 Å². The van der Waals surface area contributed by atoms with E-state index in [4.69, 9.17) is 5.84 Å². The van der Waals surface area contributed by atoms with Gasteiger partial charge in [-0.25, -0.2) is 10.8 Å². The van der Waals surface area contributed by atoms with Crippen LogP contribution in [0.3, 0.4) is 0 Å². The zero-order valence-corrected chi connectivity index (χ0v) is 7.63. The smallest absolute Gasteiger partial charge is 0.285 e. The molecule has 3 N–H and O–H groups in total. The van der Waals surface area contributed by atoms with Gasteiger partial charge < -0.3 is 0 Å². The van der Waals surface area contributed by atoms with Crippen LogP contribution in [0.1, 0.15) is 16.2 Å². The highest BCUT2D eigenvalue weighted by Crippen LogP contribution is 2.13. The van der Waals surface area contributed by atoms with E-state index in [1.165, 1.54) is 15.9 Å². The molecule has 6 nitrogen and oxygen atoms in total. The number of hydrogen-bond acceptors (Lipinski definition) is 5. The molecular formula is C6H7N5OS. The lowest BCUT2D eigenvalue weighted by molar-refractivity contribution is 0.0946. The molecule has 68 valence electrons. The quantitative estimate of drug-likeness (QED) is 0.373. The molecular weight excluding hydrogens is 190 g/mol. The Labute approximate surface area is 77.3 Å². The van der Waals surface area contributed by atoms with Crippen molar-refractivity contribution >= 4 is 22.2 Å². The molecule has 7 heteroatoms. The summed E-state index contributed by atoms with van der Waals surface area (Å²) in [7, 11) is 0. The second-order valence-corrected chi connectivity index (χ2v) is 3.26. The number of hydrazine groups is 1. The van der Waals surface area contributed by atoms with E-state index in [-0.39, 0.29) is 5.91 Å². The fourth-order valence-electron chi connectivity index (χ4n) is 1.12. The fraction of sp³-hybridized carbons (Fsp3) is 0.167. The number of nitrogens with zero attached hydrogens (tertiary/aromatic N) is 3. The van der Waals surface area contributed by atoms with Crippen LogP contribution in [0.4, 0.5) is 0 Å². The monoisotopic (exact) mass is 197 g/mol. The number of carbonyl (C=O) groups is 1. The normalized spacial score (nSPS) is 10.6. The summed E-state index contributed by atoms with van der Waals surface area (Å²) in [5, 5.41) is 3.96. The van der Waals surface area contributed by atoms with Crippen LogP contribution >= 0.6 is 11.3 Å². The summed E-state index contributed by atoms with van der Waals surface area (Å²) in [5.74, 6) is 4.65. The van der Waals surface area contributed by atoms with Crippen molar-refractivity contribution in [1.29, 1.82) is 0 Å². The first-order chi connectivity index (χ1) is 6.24. The van der Waals surface area contributed by atoms with Gasteiger partial charge >= 0.3 is 0 Å². The van der Waals surface area contributed by atoms with Gasteiger partial charge in [-0.05, 0) is 6.92 Å². The van der Waals surface area contributed by atoms with E-state index in [1.807, 2.05) is 0 Å². The molecule has 2 heterocycles. The average Bonchev–Trinajstić information content (AvgIpc) is 2.62. The minimum atomic E-state index is -0.379. The number of aromatic nitrogens is 3. The maximum absolute atomic E-state index is 11.3. The number of aryl methyl sites for hydroxylation is 1. The van der Waals surface area contributed by atoms with Gasteiger partial charge in [0, 0.05) is 0 Å². The molecule has 0 atom stereocenters. The third-order valence-corrected chi connectivity index (χ3v) is 2.34. The lowest BCUT2D eigenvalue weighted by Crippen LogP contribution is -2.31. The van der Waals surface area contributed by atoms with E-state index >= 15 is 0 Å². The maximum Gasteiger partial charge on any atom is 0.285 e. The lowest BCUT2D eigenvalue weighted by atomic mass is 10.3. The highest BCUT2D eigenvalue weighted by Gasteiger charge is 2.16. The number of nitrogens with one attached hydrogen (secondary N) is 1. The second kappa shape index (κ2) is 2.79. The number of nitrogens with two attached hydrogens (primary N) is 1. The molecule has 0 aliphatic rings. The van der Waals surface area contributed by atoms with E-state index < -0.39 is 0 Å². The Hall–Kier alpha value is -1.47. The highest BCUT2D eigenvalue weighted by atomic mass is 32.1. The molecule has 0 aliphatic heterocycles. The van der Waals surface area contributed by atoms with Gasteiger partial charge in [-0.2, -0.15) is 9.61 Å². The van der Waals surface area contributed by atoms with E-state index in [0.29, 0.717) is 16.3 Å². The number of fused-ring (bicyclic) bond motifs is 1. The van der Waals surface area contributed by atoms with E-state index in [0.717, 1.165) is 0 Å². The number of imidazole rings is 1. The zero-order valence-electron chi connectivity index (χ0n) is 6.81. The lowest BCUT2D eigenvalue weighted by Gasteiger charge is -1.96. The average molecular weight is 197 g/mol. The number of amides is 1. The third-order valence-electron chi connectivity index (χ3n) is 1.67. The van der Waals surface area contributed by atoms with Crippen LogP contribution in [0, 0.1) is 6.92 Å². The summed E-state index contributed by atoms with van der Waals surface area (Å²) >= 11 is 1.37. The highest BCUT2D eigenvalue weighted by molar-refractivity contribution is 7.14. The molecule has 0 bridgehead atoms. The largest absolute Gasteiger partial charge is 0.289 e. The Bertz CT molecular complexity index is 458. The van der Waals surface area contributed by atoms with Gasteiger partial charge in [-0.15, -0.1) is 0 Å². The molecule has 0 fully saturated rings. The SMILES string of the molecule is Cc1nc2scnn2c1C(=O)NN. The summed E-state index contributed by atoms with van der Waals surface area (Å²) in [4.78, 5) is 16.1. The number of nitrogen functional groups attached to an aromatic ring is 1. The fourth-order valence-corrected chi connectivity index (χ4v) is 1.79. The summed E-state index contributed by atoms with van der Waals surface area (Å²) in [6.07, 6.45) is 0. The molecule has 0 aromatic carbocycles. The number of rotatable bonds is 1. The summed E-state index contributed by atoms with van der Waals surface area (Å²) in [5.41, 5.74) is 4.69. The predicted molar refractivity (Wildman–Crippen MR) is 47.3 cm³/mol. The van der Waals surface area contributed by atoms with E-state index in [9.17, 15) is 4.79 Å². The van der Waals surface area contributed by atoms with Crippen LogP contribution in [-0.2, 0) is 0 Å². The molecule has 0 radical (unpaired) electrons. The molecule has 0 spiro atoms. The Morgan fingerprint density at radius 2 is 2.54 bits per heavy atom. The van der Waals surface area contributed by atoms with E-state index in [2.05, 4.69) is 15.5 Å². The van der Waals surface area contributed by atoms with Crippen molar-refractivity contribution in [3.8, 4) is 0 Å². The van der Waals surface area contributed by atoms with Gasteiger partial charge in [0.25, 0.3) is 5.91 Å². The van der Waals surface area contributed by atoms with Gasteiger partial charge in [0.2, 0.25) is 4.96 Å². The topological polar surface area (TPSA) is 85.3 Å². The Balaban J connectivity index is 2.70. The number of carbonyl (C=O) groups excluding carboxylic acids is 1. The van der Waals surface area contributed by atoms with Crippen molar-refractivity contribution in [2.24, 2.45) is 5.84 Å². The molecule has 2 aromatic rings. The molecule has 0 unspecified atom stereocenters. The molecule has 0 saturated carbocycles. The molecule has 2 rings (SSSR count). The minimum Gasteiger partial charge on any atom is -0.289 e. The van der Waals surface area contributed by atoms with Crippen molar-refractivity contribution in [1.82, 2.24) is 20.0 Å². The maximum atomic E-state index is 11.3. The molecule has 1 amide bonds. The predicted octanol–water partition coefficient (Wildman–Crippen LogP) is -0.297. The van der Waals surface area contributed by atoms with Crippen LogP contribution in [0.25, 0.3) is 4.96 Å². The molecule has 13 heavy (non-hydrogen) atoms. The van der Waals surface area contributed by atoms with Crippen molar-refractivity contribution in [3.63, 3.8) is 0 Å². The first kappa shape index (κ1) is 8.14. The van der Waals surface area contributed by atoms with Crippen molar-refractivity contribution in [2.75, 3.05) is 0 Å². The van der Waals surface area contributed by atoms with Crippen molar-refractivity contribution in [2.45, 2.75) is 6.92 Å². The summed E-state index contributed by atoms with van der Waals surface area (Å²) in [6, 6.07) is 0. The van der Waals surface area contributed by atoms with Crippen LogP contribution < -0.4 is 11.3 Å². The van der Waals surface area contributed by atoms with Gasteiger partial charge in [0.1, 0.15) is 5.51 Å². The van der Waals surface area contributed by atoms with Crippen LogP contribution in [0.5, 0.6) is 0 Å². The Morgan fingerprint density at radius 1 is 1.77 bits per heavy atom. The van der Waals surface area contributed by atoms with Crippen molar-refractivity contribution in [3.05, 3.63) is 16.9 Å². The minimum absolute atomic E-state index is 0.379. The summed E-state index contributed by atoms with van der Waals surface area (Å²) < 4.78 is 1.47. The Kier molecular flexibility index (Phi) is 1.74. The van der Waals surface area contributed by atoms with Crippen LogP contribution in [0.2, 0.25) is 0 Å². The van der Waals surface area contributed by atoms with Gasteiger partial charge in [-0.1, -0.05) is 11.3 Å². The third kappa shape index (κ3) is 1.09. The first-order valence-electron chi connectivity index (χ1n) is 3.54.